The van der Waals surface area contributed by atoms with Crippen molar-refractivity contribution < 1.29 is 13.2 Å². The fourth-order valence-corrected chi connectivity index (χ4v) is 5.77. The van der Waals surface area contributed by atoms with E-state index < -0.39 is 16.1 Å². The molecule has 1 saturated heterocycles. The minimum absolute atomic E-state index is 0.103. The first-order chi connectivity index (χ1) is 14.1. The summed E-state index contributed by atoms with van der Waals surface area (Å²) in [5.74, 6) is -0.302. The number of hydrogen-bond donors (Lipinski definition) is 1. The fraction of sp³-hybridized carbons (Fsp3) is 0.250. The number of amides is 1. The van der Waals surface area contributed by atoms with Crippen LogP contribution < -0.4 is 5.32 Å². The van der Waals surface area contributed by atoms with Crippen LogP contribution in [-0.4, -0.2) is 41.2 Å². The largest absolute Gasteiger partial charge is 0.349 e. The van der Waals surface area contributed by atoms with E-state index in [4.69, 9.17) is 0 Å². The van der Waals surface area contributed by atoms with E-state index in [0.717, 1.165) is 16.3 Å². The summed E-state index contributed by atoms with van der Waals surface area (Å²) in [5.41, 5.74) is 1.78. The molecule has 3 aromatic rings. The fourth-order valence-electron chi connectivity index (χ4n) is 3.32. The van der Waals surface area contributed by atoms with Gasteiger partial charge in [0.05, 0.1) is 12.2 Å². The van der Waals surface area contributed by atoms with Gasteiger partial charge in [0.2, 0.25) is 15.9 Å². The van der Waals surface area contributed by atoms with Crippen LogP contribution in [0.25, 0.3) is 10.6 Å². The molecule has 0 saturated carbocycles. The third kappa shape index (κ3) is 4.21. The quantitative estimate of drug-likeness (QED) is 0.652. The van der Waals surface area contributed by atoms with Crippen LogP contribution in [0.2, 0.25) is 0 Å². The van der Waals surface area contributed by atoms with Crippen molar-refractivity contribution in [3.05, 3.63) is 65.9 Å². The topological polar surface area (TPSA) is 92.3 Å². The van der Waals surface area contributed by atoms with Crippen LogP contribution in [0.5, 0.6) is 0 Å². The predicted octanol–water partition coefficient (Wildman–Crippen LogP) is 2.67. The van der Waals surface area contributed by atoms with Gasteiger partial charge >= 0.3 is 0 Å². The van der Waals surface area contributed by atoms with Crippen molar-refractivity contribution >= 4 is 27.3 Å². The maximum Gasteiger partial charge on any atom is 0.245 e. The molecule has 1 atom stereocenters. The Bertz CT molecular complexity index is 1090. The highest BCUT2D eigenvalue weighted by atomic mass is 32.2. The van der Waals surface area contributed by atoms with Crippen molar-refractivity contribution in [1.29, 1.82) is 0 Å². The average Bonchev–Trinajstić information content (AvgIpc) is 3.43. The van der Waals surface area contributed by atoms with Crippen molar-refractivity contribution in [2.75, 3.05) is 6.54 Å². The van der Waals surface area contributed by atoms with Crippen molar-refractivity contribution in [2.24, 2.45) is 0 Å². The van der Waals surface area contributed by atoms with Gasteiger partial charge in [-0.1, -0.05) is 30.3 Å². The first-order valence-corrected chi connectivity index (χ1v) is 11.6. The molecular weight excluding hydrogens is 408 g/mol. The van der Waals surface area contributed by atoms with Gasteiger partial charge in [0.15, 0.2) is 0 Å². The number of carbonyl (C=O) groups is 1. The Morgan fingerprint density at radius 3 is 2.79 bits per heavy atom. The molecule has 1 N–H and O–H groups in total. The lowest BCUT2D eigenvalue weighted by atomic mass is 10.2. The maximum absolute atomic E-state index is 12.9. The molecular formula is C20H20N4O3S2. The molecule has 9 heteroatoms. The second-order valence-corrected chi connectivity index (χ2v) is 9.44. The van der Waals surface area contributed by atoms with Crippen molar-refractivity contribution in [3.8, 4) is 10.6 Å². The molecule has 0 aliphatic carbocycles. The minimum Gasteiger partial charge on any atom is -0.349 e. The van der Waals surface area contributed by atoms with Gasteiger partial charge in [0.1, 0.15) is 15.9 Å². The summed E-state index contributed by atoms with van der Waals surface area (Å²) in [5, 5.41) is 5.63. The number of pyridine rings is 1. The minimum atomic E-state index is -3.75. The van der Waals surface area contributed by atoms with Crippen LogP contribution in [0.4, 0.5) is 0 Å². The number of nitrogens with one attached hydrogen (secondary N) is 1. The predicted molar refractivity (Wildman–Crippen MR) is 111 cm³/mol. The van der Waals surface area contributed by atoms with Crippen LogP contribution in [0.3, 0.4) is 0 Å². The van der Waals surface area contributed by atoms with E-state index in [1.165, 1.54) is 34.1 Å². The van der Waals surface area contributed by atoms with Gasteiger partial charge < -0.3 is 5.32 Å². The van der Waals surface area contributed by atoms with E-state index in [0.29, 0.717) is 19.4 Å². The van der Waals surface area contributed by atoms with E-state index >= 15 is 0 Å². The van der Waals surface area contributed by atoms with Gasteiger partial charge in [-0.25, -0.2) is 13.4 Å². The Hall–Kier alpha value is -2.62. The lowest BCUT2D eigenvalue weighted by Gasteiger charge is -2.23. The third-order valence-corrected chi connectivity index (χ3v) is 7.60. The Balaban J connectivity index is 1.43. The number of nitrogens with zero attached hydrogens (tertiary/aromatic N) is 3. The molecule has 1 aliphatic heterocycles. The normalized spacial score (nSPS) is 17.3. The molecule has 0 bridgehead atoms. The molecule has 0 radical (unpaired) electrons. The van der Waals surface area contributed by atoms with Gasteiger partial charge in [-0.15, -0.1) is 11.3 Å². The Labute approximate surface area is 173 Å². The van der Waals surface area contributed by atoms with Crippen LogP contribution in [0.1, 0.15) is 18.5 Å². The molecule has 1 aromatic carbocycles. The van der Waals surface area contributed by atoms with Crippen LogP contribution in [0, 0.1) is 0 Å². The summed E-state index contributed by atoms with van der Waals surface area (Å²) in [4.78, 5) is 21.3. The van der Waals surface area contributed by atoms with Gasteiger partial charge in [-0.3, -0.25) is 9.78 Å². The highest BCUT2D eigenvalue weighted by Crippen LogP contribution is 2.26. The van der Waals surface area contributed by atoms with E-state index in [-0.39, 0.29) is 17.3 Å². The molecule has 7 nitrogen and oxygen atoms in total. The first kappa shape index (κ1) is 19.7. The van der Waals surface area contributed by atoms with Crippen LogP contribution >= 0.6 is 11.3 Å². The van der Waals surface area contributed by atoms with Gasteiger partial charge in [-0.2, -0.15) is 4.31 Å². The zero-order chi connectivity index (χ0) is 20.3. The molecule has 1 fully saturated rings. The summed E-state index contributed by atoms with van der Waals surface area (Å²) < 4.78 is 27.0. The third-order valence-electron chi connectivity index (χ3n) is 4.76. The number of carbonyl (C=O) groups excluding carboxylic acids is 1. The Morgan fingerprint density at radius 1 is 1.21 bits per heavy atom. The summed E-state index contributed by atoms with van der Waals surface area (Å²) in [7, 11) is -3.75. The summed E-state index contributed by atoms with van der Waals surface area (Å²) >= 11 is 1.51. The summed E-state index contributed by atoms with van der Waals surface area (Å²) in [6.07, 6.45) is 3.97. The SMILES string of the molecule is O=C(NCc1csc(-c2ccccc2)n1)C1CCCN1S(=O)(=O)c1cccnc1. The van der Waals surface area contributed by atoms with Crippen molar-refractivity contribution in [1.82, 2.24) is 19.6 Å². The molecule has 1 unspecified atom stereocenters. The van der Waals surface area contributed by atoms with Crippen LogP contribution in [0.15, 0.2) is 65.1 Å². The average molecular weight is 429 g/mol. The second kappa shape index (κ2) is 8.40. The maximum atomic E-state index is 12.9. The van der Waals surface area contributed by atoms with Gasteiger partial charge in [0.25, 0.3) is 0 Å². The zero-order valence-corrected chi connectivity index (χ0v) is 17.2. The molecule has 150 valence electrons. The van der Waals surface area contributed by atoms with Crippen molar-refractivity contribution in [2.45, 2.75) is 30.3 Å². The van der Waals surface area contributed by atoms with Gasteiger partial charge in [-0.05, 0) is 25.0 Å². The monoisotopic (exact) mass is 428 g/mol. The highest BCUT2D eigenvalue weighted by molar-refractivity contribution is 7.89. The van der Waals surface area contributed by atoms with E-state index in [1.54, 1.807) is 6.07 Å². The number of hydrogen-bond acceptors (Lipinski definition) is 6. The highest BCUT2D eigenvalue weighted by Gasteiger charge is 2.39. The number of aromatic nitrogens is 2. The summed E-state index contributed by atoms with van der Waals surface area (Å²) in [6, 6.07) is 12.2. The molecule has 4 rings (SSSR count). The van der Waals surface area contributed by atoms with E-state index in [9.17, 15) is 13.2 Å². The Morgan fingerprint density at radius 2 is 2.03 bits per heavy atom. The van der Waals surface area contributed by atoms with Crippen LogP contribution in [-0.2, 0) is 21.4 Å². The number of benzene rings is 1. The van der Waals surface area contributed by atoms with Gasteiger partial charge in [0, 0.05) is 29.9 Å². The smallest absolute Gasteiger partial charge is 0.245 e. The standard InChI is InChI=1S/C20H20N4O3S2/c25-19(22-12-16-14-28-20(23-16)15-6-2-1-3-7-15)18-9-5-11-24(18)29(26,27)17-8-4-10-21-13-17/h1-4,6-8,10,13-14,18H,5,9,11-12H2,(H,22,25). The van der Waals surface area contributed by atoms with E-state index in [2.05, 4.69) is 15.3 Å². The molecule has 0 spiro atoms. The lowest BCUT2D eigenvalue weighted by molar-refractivity contribution is -0.124. The molecule has 1 amide bonds. The first-order valence-electron chi connectivity index (χ1n) is 9.25. The van der Waals surface area contributed by atoms with E-state index in [1.807, 2.05) is 35.7 Å². The number of rotatable bonds is 6. The summed E-state index contributed by atoms with van der Waals surface area (Å²) in [6.45, 7) is 0.587. The zero-order valence-electron chi connectivity index (χ0n) is 15.6. The number of thiazole rings is 1. The molecule has 29 heavy (non-hydrogen) atoms. The Kier molecular flexibility index (Phi) is 5.70. The molecule has 1 aliphatic rings. The number of sulfonamides is 1. The molecule has 3 heterocycles. The second-order valence-electron chi connectivity index (χ2n) is 6.69. The molecule has 2 aromatic heterocycles. The van der Waals surface area contributed by atoms with Crippen molar-refractivity contribution in [3.63, 3.8) is 0 Å². The lowest BCUT2D eigenvalue weighted by Crippen LogP contribution is -2.45.